The van der Waals surface area contributed by atoms with Crippen LogP contribution in [0.4, 0.5) is 0 Å². The van der Waals surface area contributed by atoms with Gasteiger partial charge in [-0.2, -0.15) is 0 Å². The zero-order valence-electron chi connectivity index (χ0n) is 15.1. The third-order valence-electron chi connectivity index (χ3n) is 3.81. The summed E-state index contributed by atoms with van der Waals surface area (Å²) in [6, 6.07) is 10.4. The lowest BCUT2D eigenvalue weighted by molar-refractivity contribution is -0.145. The predicted molar refractivity (Wildman–Crippen MR) is 94.3 cm³/mol. The molecule has 2 aromatic rings. The first kappa shape index (κ1) is 19.4. The van der Waals surface area contributed by atoms with Gasteiger partial charge in [0.2, 0.25) is 0 Å². The summed E-state index contributed by atoms with van der Waals surface area (Å²) in [6.07, 6.45) is 1.43. The highest BCUT2D eigenvalue weighted by molar-refractivity contribution is 5.91. The highest BCUT2D eigenvalue weighted by Gasteiger charge is 2.24. The average molecular weight is 361 g/mol. The Bertz CT molecular complexity index is 695. The van der Waals surface area contributed by atoms with E-state index in [2.05, 4.69) is 0 Å². The fraction of sp³-hybridized carbons (Fsp3) is 0.368. The second-order valence-electron chi connectivity index (χ2n) is 5.68. The van der Waals surface area contributed by atoms with Gasteiger partial charge in [-0.05, 0) is 36.4 Å². The van der Waals surface area contributed by atoms with E-state index in [9.17, 15) is 9.59 Å². The fourth-order valence-electron chi connectivity index (χ4n) is 2.38. The molecule has 0 aliphatic rings. The summed E-state index contributed by atoms with van der Waals surface area (Å²) < 4.78 is 20.7. The molecule has 0 aliphatic carbocycles. The van der Waals surface area contributed by atoms with Gasteiger partial charge in [-0.15, -0.1) is 0 Å². The van der Waals surface area contributed by atoms with Gasteiger partial charge in [-0.3, -0.25) is 9.59 Å². The van der Waals surface area contributed by atoms with E-state index in [1.807, 2.05) is 0 Å². The van der Waals surface area contributed by atoms with Crippen LogP contribution in [0.25, 0.3) is 0 Å². The quantitative estimate of drug-likeness (QED) is 0.639. The van der Waals surface area contributed by atoms with Crippen LogP contribution in [-0.4, -0.2) is 50.7 Å². The highest BCUT2D eigenvalue weighted by atomic mass is 16.5. The molecule has 0 N–H and O–H groups in total. The van der Waals surface area contributed by atoms with E-state index in [0.29, 0.717) is 12.3 Å². The lowest BCUT2D eigenvalue weighted by atomic mass is 10.1. The van der Waals surface area contributed by atoms with Crippen LogP contribution < -0.4 is 9.47 Å². The van der Waals surface area contributed by atoms with Crippen molar-refractivity contribution in [3.63, 3.8) is 0 Å². The Morgan fingerprint density at radius 3 is 2.38 bits per heavy atom. The molecule has 0 bridgehead atoms. The van der Waals surface area contributed by atoms with Crippen LogP contribution in [-0.2, 0) is 9.53 Å². The second-order valence-corrected chi connectivity index (χ2v) is 5.68. The summed E-state index contributed by atoms with van der Waals surface area (Å²) in [4.78, 5) is 25.8. The van der Waals surface area contributed by atoms with Gasteiger partial charge in [0, 0.05) is 6.54 Å². The molecule has 2 rings (SSSR count). The summed E-state index contributed by atoms with van der Waals surface area (Å²) in [5.74, 6) is 0.477. The lowest BCUT2D eigenvalue weighted by Crippen LogP contribution is -2.39. The van der Waals surface area contributed by atoms with Crippen LogP contribution >= 0.6 is 0 Å². The molecule has 7 nitrogen and oxygen atoms in total. The Balaban J connectivity index is 1.98. The minimum absolute atomic E-state index is 0.207. The number of nitrogens with zero attached hydrogens (tertiary/aromatic N) is 1. The van der Waals surface area contributed by atoms with E-state index < -0.39 is 5.92 Å². The van der Waals surface area contributed by atoms with E-state index in [1.54, 1.807) is 50.4 Å². The molecule has 0 spiro atoms. The molecule has 1 aromatic carbocycles. The molecule has 1 atom stereocenters. The monoisotopic (exact) mass is 361 g/mol. The van der Waals surface area contributed by atoms with Crippen LogP contribution in [0.2, 0.25) is 0 Å². The molecule has 1 unspecified atom stereocenters. The number of methoxy groups -OCH3 is 2. The third-order valence-corrected chi connectivity index (χ3v) is 3.81. The Morgan fingerprint density at radius 2 is 1.81 bits per heavy atom. The smallest absolute Gasteiger partial charge is 0.310 e. The number of hydrogen-bond donors (Lipinski definition) is 0. The summed E-state index contributed by atoms with van der Waals surface area (Å²) in [6.45, 7) is 2.48. The molecule has 140 valence electrons. The highest BCUT2D eigenvalue weighted by Crippen LogP contribution is 2.17. The van der Waals surface area contributed by atoms with Gasteiger partial charge in [-0.25, -0.2) is 0 Å². The van der Waals surface area contributed by atoms with Gasteiger partial charge < -0.3 is 23.5 Å². The number of amides is 1. The first-order chi connectivity index (χ1) is 12.5. The van der Waals surface area contributed by atoms with E-state index in [0.717, 1.165) is 5.75 Å². The van der Waals surface area contributed by atoms with E-state index in [4.69, 9.17) is 18.6 Å². The number of carbonyl (C=O) groups is 2. The van der Waals surface area contributed by atoms with Crippen molar-refractivity contribution in [2.24, 2.45) is 5.92 Å². The first-order valence-electron chi connectivity index (χ1n) is 8.22. The minimum atomic E-state index is -0.458. The zero-order chi connectivity index (χ0) is 18.9. The van der Waals surface area contributed by atoms with E-state index in [-0.39, 0.29) is 30.8 Å². The molecular formula is C19H23NO6. The van der Waals surface area contributed by atoms with Gasteiger partial charge in [0.15, 0.2) is 5.76 Å². The Morgan fingerprint density at radius 1 is 1.12 bits per heavy atom. The third kappa shape index (κ3) is 5.27. The van der Waals surface area contributed by atoms with Crippen LogP contribution in [0.1, 0.15) is 17.5 Å². The van der Waals surface area contributed by atoms with Crippen molar-refractivity contribution in [1.29, 1.82) is 0 Å². The molecule has 0 saturated carbocycles. The molecule has 0 fully saturated rings. The topological polar surface area (TPSA) is 78.2 Å². The maximum absolute atomic E-state index is 12.6. The number of benzene rings is 1. The summed E-state index contributed by atoms with van der Waals surface area (Å²) in [5.41, 5.74) is 0. The summed E-state index contributed by atoms with van der Waals surface area (Å²) in [7, 11) is 2.92. The number of ether oxygens (including phenoxy) is 3. The maximum Gasteiger partial charge on any atom is 0.310 e. The Labute approximate surface area is 152 Å². The van der Waals surface area contributed by atoms with Crippen molar-refractivity contribution < 1.29 is 28.2 Å². The normalized spacial score (nSPS) is 11.5. The van der Waals surface area contributed by atoms with Gasteiger partial charge >= 0.3 is 5.97 Å². The molecule has 0 radical (unpaired) electrons. The average Bonchev–Trinajstić information content (AvgIpc) is 3.21. The van der Waals surface area contributed by atoms with Crippen LogP contribution in [0, 0.1) is 5.92 Å². The number of furan rings is 1. The lowest BCUT2D eigenvalue weighted by Gasteiger charge is -2.24. The van der Waals surface area contributed by atoms with Crippen LogP contribution in [0.15, 0.2) is 47.1 Å². The number of carbonyl (C=O) groups excluding carboxylic acids is 2. The molecule has 0 aliphatic heterocycles. The number of hydrogen-bond acceptors (Lipinski definition) is 6. The van der Waals surface area contributed by atoms with Crippen LogP contribution in [0.3, 0.4) is 0 Å². The molecule has 1 aromatic heterocycles. The summed E-state index contributed by atoms with van der Waals surface area (Å²) >= 11 is 0. The van der Waals surface area contributed by atoms with E-state index in [1.165, 1.54) is 18.3 Å². The van der Waals surface area contributed by atoms with Crippen molar-refractivity contribution in [3.05, 3.63) is 48.4 Å². The molecule has 26 heavy (non-hydrogen) atoms. The Hall–Kier alpha value is -2.96. The summed E-state index contributed by atoms with van der Waals surface area (Å²) in [5, 5.41) is 0. The molecule has 0 saturated heterocycles. The number of rotatable bonds is 9. The molecule has 1 heterocycles. The minimum Gasteiger partial charge on any atom is -0.497 e. The molecule has 7 heteroatoms. The van der Waals surface area contributed by atoms with Crippen LogP contribution in [0.5, 0.6) is 11.5 Å². The van der Waals surface area contributed by atoms with Crippen molar-refractivity contribution in [2.45, 2.75) is 6.92 Å². The maximum atomic E-state index is 12.6. The second kappa shape index (κ2) is 9.50. The van der Waals surface area contributed by atoms with Gasteiger partial charge in [0.1, 0.15) is 18.1 Å². The van der Waals surface area contributed by atoms with Gasteiger partial charge in [0.25, 0.3) is 5.91 Å². The van der Waals surface area contributed by atoms with E-state index >= 15 is 0 Å². The van der Waals surface area contributed by atoms with Crippen molar-refractivity contribution in [2.75, 3.05) is 33.9 Å². The fourth-order valence-corrected chi connectivity index (χ4v) is 2.38. The van der Waals surface area contributed by atoms with Crippen molar-refractivity contribution in [3.8, 4) is 11.5 Å². The predicted octanol–water partition coefficient (Wildman–Crippen LogP) is 2.62. The van der Waals surface area contributed by atoms with Crippen molar-refractivity contribution >= 4 is 11.9 Å². The molecular weight excluding hydrogens is 338 g/mol. The van der Waals surface area contributed by atoms with Crippen molar-refractivity contribution in [1.82, 2.24) is 4.90 Å². The molecule has 1 amide bonds. The van der Waals surface area contributed by atoms with Gasteiger partial charge in [0.05, 0.1) is 32.9 Å². The SMILES string of the molecule is COC(=O)C(C)CN(CCOc1ccc(OC)cc1)C(=O)c1ccco1. The number of esters is 1. The van der Waals surface area contributed by atoms with Gasteiger partial charge in [-0.1, -0.05) is 6.92 Å². The first-order valence-corrected chi connectivity index (χ1v) is 8.22. The zero-order valence-corrected chi connectivity index (χ0v) is 15.1. The largest absolute Gasteiger partial charge is 0.497 e. The Kier molecular flexibility index (Phi) is 7.08. The standard InChI is InChI=1S/C19H23NO6/c1-14(19(22)24-3)13-20(18(21)17-5-4-11-26-17)10-12-25-16-8-6-15(23-2)7-9-16/h4-9,11,14H,10,12-13H2,1-3H3.